The molecule has 0 aromatic heterocycles. The van der Waals surface area contributed by atoms with E-state index >= 15 is 0 Å². The fourth-order valence-electron chi connectivity index (χ4n) is 2.55. The molecule has 6 heteroatoms. The van der Waals surface area contributed by atoms with Gasteiger partial charge in [-0.1, -0.05) is 6.92 Å². The van der Waals surface area contributed by atoms with Crippen LogP contribution < -0.4 is 5.32 Å². The van der Waals surface area contributed by atoms with Crippen LogP contribution in [0.4, 0.5) is 0 Å². The molecule has 0 saturated carbocycles. The first-order valence-corrected chi connectivity index (χ1v) is 9.24. The maximum atomic E-state index is 12.1. The van der Waals surface area contributed by atoms with Crippen molar-refractivity contribution in [3.8, 4) is 0 Å². The molecule has 17 heavy (non-hydrogen) atoms. The number of hydrogen-bond acceptors (Lipinski definition) is 5. The molecular formula is C11H22N2O2S2. The molecule has 2 unspecified atom stereocenters. The maximum absolute atomic E-state index is 12.1. The molecule has 100 valence electrons. The van der Waals surface area contributed by atoms with Crippen molar-refractivity contribution in [2.75, 3.05) is 43.4 Å². The molecule has 0 aromatic carbocycles. The highest BCUT2D eigenvalue weighted by Crippen LogP contribution is 2.23. The van der Waals surface area contributed by atoms with E-state index in [-0.39, 0.29) is 11.1 Å². The topological polar surface area (TPSA) is 49.4 Å². The predicted octanol–water partition coefficient (Wildman–Crippen LogP) is 0.406. The summed E-state index contributed by atoms with van der Waals surface area (Å²) < 4.78 is 24.1. The smallest absolute Gasteiger partial charge is 0.166 e. The van der Waals surface area contributed by atoms with E-state index in [0.717, 1.165) is 37.7 Å². The van der Waals surface area contributed by atoms with E-state index in [1.807, 2.05) is 0 Å². The standard InChI is InChI=1S/C11H22N2O2S2/c1-2-17(14,15)11-9-16-6-5-13(11)8-10-3-4-12-7-10/h10-12H,2-9H2,1H3. The largest absolute Gasteiger partial charge is 0.316 e. The number of nitrogens with zero attached hydrogens (tertiary/aromatic N) is 1. The van der Waals surface area contributed by atoms with E-state index in [4.69, 9.17) is 0 Å². The van der Waals surface area contributed by atoms with Gasteiger partial charge in [-0.15, -0.1) is 0 Å². The van der Waals surface area contributed by atoms with Crippen molar-refractivity contribution in [1.29, 1.82) is 0 Å². The molecule has 1 N–H and O–H groups in total. The van der Waals surface area contributed by atoms with Crippen LogP contribution in [0, 0.1) is 5.92 Å². The number of thioether (sulfide) groups is 1. The molecule has 0 bridgehead atoms. The van der Waals surface area contributed by atoms with Crippen LogP contribution >= 0.6 is 11.8 Å². The lowest BCUT2D eigenvalue weighted by Crippen LogP contribution is -2.49. The van der Waals surface area contributed by atoms with Crippen LogP contribution in [-0.2, 0) is 9.84 Å². The summed E-state index contributed by atoms with van der Waals surface area (Å²) in [6.07, 6.45) is 1.18. The van der Waals surface area contributed by atoms with Gasteiger partial charge in [-0.3, -0.25) is 4.90 Å². The number of sulfone groups is 1. The highest BCUT2D eigenvalue weighted by Gasteiger charge is 2.34. The van der Waals surface area contributed by atoms with Crippen LogP contribution in [0.2, 0.25) is 0 Å². The molecule has 2 heterocycles. The van der Waals surface area contributed by atoms with Gasteiger partial charge in [0.2, 0.25) is 0 Å². The van der Waals surface area contributed by atoms with Gasteiger partial charge in [0.1, 0.15) is 5.37 Å². The van der Waals surface area contributed by atoms with Crippen molar-refractivity contribution in [3.63, 3.8) is 0 Å². The first-order valence-electron chi connectivity index (χ1n) is 6.37. The van der Waals surface area contributed by atoms with E-state index in [2.05, 4.69) is 10.2 Å². The predicted molar refractivity (Wildman–Crippen MR) is 73.1 cm³/mol. The Morgan fingerprint density at radius 3 is 2.94 bits per heavy atom. The van der Waals surface area contributed by atoms with Crippen LogP contribution in [0.1, 0.15) is 13.3 Å². The molecule has 0 aromatic rings. The van der Waals surface area contributed by atoms with Crippen molar-refractivity contribution >= 4 is 21.6 Å². The van der Waals surface area contributed by atoms with Crippen LogP contribution in [0.15, 0.2) is 0 Å². The zero-order valence-corrected chi connectivity index (χ0v) is 12.0. The summed E-state index contributed by atoms with van der Waals surface area (Å²) in [5.41, 5.74) is 0. The fraction of sp³-hybridized carbons (Fsp3) is 1.00. The van der Waals surface area contributed by atoms with Gasteiger partial charge in [-0.25, -0.2) is 8.42 Å². The summed E-state index contributed by atoms with van der Waals surface area (Å²) in [4.78, 5) is 2.20. The Labute approximate surface area is 108 Å². The highest BCUT2D eigenvalue weighted by molar-refractivity contribution is 8.01. The Bertz CT molecular complexity index is 339. The van der Waals surface area contributed by atoms with Gasteiger partial charge in [-0.05, 0) is 25.4 Å². The number of nitrogens with one attached hydrogen (secondary N) is 1. The molecule has 0 amide bonds. The molecule has 2 aliphatic rings. The summed E-state index contributed by atoms with van der Waals surface area (Å²) >= 11 is 1.77. The fourth-order valence-corrected chi connectivity index (χ4v) is 5.64. The minimum Gasteiger partial charge on any atom is -0.316 e. The van der Waals surface area contributed by atoms with Crippen molar-refractivity contribution in [2.24, 2.45) is 5.92 Å². The second-order valence-electron chi connectivity index (χ2n) is 4.83. The Morgan fingerprint density at radius 1 is 1.47 bits per heavy atom. The third-order valence-corrected chi connectivity index (χ3v) is 6.99. The monoisotopic (exact) mass is 278 g/mol. The van der Waals surface area contributed by atoms with Crippen LogP contribution in [-0.4, -0.2) is 62.1 Å². The Morgan fingerprint density at radius 2 is 2.29 bits per heavy atom. The third-order valence-electron chi connectivity index (χ3n) is 3.66. The molecular weight excluding hydrogens is 256 g/mol. The molecule has 2 aliphatic heterocycles. The summed E-state index contributed by atoms with van der Waals surface area (Å²) in [6, 6.07) is 0. The summed E-state index contributed by atoms with van der Waals surface area (Å²) in [5.74, 6) is 2.71. The summed E-state index contributed by atoms with van der Waals surface area (Å²) in [6.45, 7) is 5.74. The van der Waals surface area contributed by atoms with E-state index < -0.39 is 9.84 Å². The van der Waals surface area contributed by atoms with Gasteiger partial charge >= 0.3 is 0 Å². The van der Waals surface area contributed by atoms with Gasteiger partial charge in [0, 0.05) is 30.3 Å². The summed E-state index contributed by atoms with van der Waals surface area (Å²) in [5, 5.41) is 3.10. The lowest BCUT2D eigenvalue weighted by atomic mass is 10.1. The SMILES string of the molecule is CCS(=O)(=O)C1CSCCN1CC1CCNC1. The molecule has 2 atom stereocenters. The molecule has 4 nitrogen and oxygen atoms in total. The lowest BCUT2D eigenvalue weighted by molar-refractivity contribution is 0.233. The van der Waals surface area contributed by atoms with Gasteiger partial charge in [0.05, 0.1) is 0 Å². The quantitative estimate of drug-likeness (QED) is 0.807. The van der Waals surface area contributed by atoms with Crippen LogP contribution in [0.5, 0.6) is 0 Å². The number of hydrogen-bond donors (Lipinski definition) is 1. The first-order chi connectivity index (χ1) is 8.13. The average molecular weight is 278 g/mol. The zero-order chi connectivity index (χ0) is 12.3. The Hall–Kier alpha value is 0.220. The average Bonchev–Trinajstić information content (AvgIpc) is 2.82. The second kappa shape index (κ2) is 5.91. The zero-order valence-electron chi connectivity index (χ0n) is 10.4. The van der Waals surface area contributed by atoms with E-state index in [0.29, 0.717) is 5.92 Å². The van der Waals surface area contributed by atoms with Gasteiger partial charge in [-0.2, -0.15) is 11.8 Å². The van der Waals surface area contributed by atoms with Crippen molar-refractivity contribution in [3.05, 3.63) is 0 Å². The first kappa shape index (κ1) is 13.6. The van der Waals surface area contributed by atoms with E-state index in [1.165, 1.54) is 6.42 Å². The minimum atomic E-state index is -2.93. The molecule has 0 aliphatic carbocycles. The normalized spacial score (nSPS) is 31.8. The van der Waals surface area contributed by atoms with Crippen molar-refractivity contribution in [2.45, 2.75) is 18.7 Å². The Balaban J connectivity index is 2.01. The van der Waals surface area contributed by atoms with E-state index in [9.17, 15) is 8.42 Å². The molecule has 2 saturated heterocycles. The van der Waals surface area contributed by atoms with E-state index in [1.54, 1.807) is 18.7 Å². The molecule has 0 spiro atoms. The van der Waals surface area contributed by atoms with Crippen LogP contribution in [0.3, 0.4) is 0 Å². The summed E-state index contributed by atoms with van der Waals surface area (Å²) in [7, 11) is -2.93. The minimum absolute atomic E-state index is 0.244. The lowest BCUT2D eigenvalue weighted by Gasteiger charge is -2.36. The second-order valence-corrected chi connectivity index (χ2v) is 8.43. The van der Waals surface area contributed by atoms with Gasteiger partial charge in [0.25, 0.3) is 0 Å². The van der Waals surface area contributed by atoms with Gasteiger partial charge < -0.3 is 5.32 Å². The van der Waals surface area contributed by atoms with Crippen LogP contribution in [0.25, 0.3) is 0 Å². The Kier molecular flexibility index (Phi) is 4.74. The number of rotatable bonds is 4. The maximum Gasteiger partial charge on any atom is 0.166 e. The molecule has 2 fully saturated rings. The van der Waals surface area contributed by atoms with Crippen molar-refractivity contribution < 1.29 is 8.42 Å². The molecule has 2 rings (SSSR count). The molecule has 0 radical (unpaired) electrons. The van der Waals surface area contributed by atoms with Gasteiger partial charge in [0.15, 0.2) is 9.84 Å². The highest BCUT2D eigenvalue weighted by atomic mass is 32.2. The van der Waals surface area contributed by atoms with Crippen molar-refractivity contribution in [1.82, 2.24) is 10.2 Å². The third kappa shape index (κ3) is 3.36.